The summed E-state index contributed by atoms with van der Waals surface area (Å²) in [7, 11) is 0. The lowest BCUT2D eigenvalue weighted by Gasteiger charge is -2.00. The van der Waals surface area contributed by atoms with Crippen LogP contribution in [0.3, 0.4) is 0 Å². The van der Waals surface area contributed by atoms with E-state index in [9.17, 15) is 13.2 Å². The lowest BCUT2D eigenvalue weighted by Crippen LogP contribution is -1.92. The van der Waals surface area contributed by atoms with Gasteiger partial charge < -0.3 is 0 Å². The van der Waals surface area contributed by atoms with Crippen LogP contribution in [0.5, 0.6) is 0 Å². The average Bonchev–Trinajstić information content (AvgIpc) is 1.99. The molecule has 0 radical (unpaired) electrons. The lowest BCUT2D eigenvalue weighted by atomic mass is 10.2. The van der Waals surface area contributed by atoms with E-state index < -0.39 is 23.9 Å². The molecular weight excluding hydrogens is 177 g/mol. The average molecular weight is 181 g/mol. The van der Waals surface area contributed by atoms with Crippen LogP contribution in [0.2, 0.25) is 5.02 Å². The summed E-state index contributed by atoms with van der Waals surface area (Å²) in [5.41, 5.74) is -0.424. The molecule has 1 aromatic carbocycles. The van der Waals surface area contributed by atoms with Crippen molar-refractivity contribution in [3.8, 4) is 0 Å². The molecule has 0 bridgehead atoms. The molecule has 1 rings (SSSR count). The zero-order valence-electron chi connectivity index (χ0n) is 5.37. The fourth-order valence-electron chi connectivity index (χ4n) is 0.692. The molecule has 0 amide bonds. The Labute approximate surface area is 66.6 Å². The van der Waals surface area contributed by atoms with Crippen LogP contribution in [0.4, 0.5) is 13.2 Å². The number of hydrogen-bond donors (Lipinski definition) is 0. The van der Waals surface area contributed by atoms with E-state index >= 15 is 0 Å². The molecule has 0 saturated carbocycles. The second-order valence-electron chi connectivity index (χ2n) is 1.96. The molecule has 0 aliphatic rings. The summed E-state index contributed by atoms with van der Waals surface area (Å²) >= 11 is 5.35. The summed E-state index contributed by atoms with van der Waals surface area (Å²) < 4.78 is 36.8. The zero-order valence-corrected chi connectivity index (χ0v) is 6.13. The van der Waals surface area contributed by atoms with E-state index in [1.165, 1.54) is 0 Å². The summed E-state index contributed by atoms with van der Waals surface area (Å²) in [6.07, 6.45) is 0. The topological polar surface area (TPSA) is 0 Å². The van der Waals surface area contributed by atoms with Gasteiger partial charge in [0.1, 0.15) is 6.67 Å². The third-order valence-corrected chi connectivity index (χ3v) is 1.63. The van der Waals surface area contributed by atoms with Gasteiger partial charge in [-0.25, -0.2) is 13.2 Å². The van der Waals surface area contributed by atoms with Gasteiger partial charge in [-0.2, -0.15) is 0 Å². The Bertz CT molecular complexity index is 273. The van der Waals surface area contributed by atoms with Crippen LogP contribution in [0.25, 0.3) is 0 Å². The summed E-state index contributed by atoms with van der Waals surface area (Å²) in [6.45, 7) is -1.09. The van der Waals surface area contributed by atoms with Gasteiger partial charge in [0.15, 0.2) is 11.6 Å². The van der Waals surface area contributed by atoms with E-state index in [-0.39, 0.29) is 5.02 Å². The summed E-state index contributed by atoms with van der Waals surface area (Å²) in [4.78, 5) is 0. The Morgan fingerprint density at radius 1 is 1.27 bits per heavy atom. The van der Waals surface area contributed by atoms with E-state index in [1.54, 1.807) is 0 Å². The minimum atomic E-state index is -1.21. The maximum Gasteiger partial charge on any atom is 0.166 e. The van der Waals surface area contributed by atoms with Gasteiger partial charge in [0.05, 0.1) is 0 Å². The number of halogens is 4. The molecule has 4 heteroatoms. The summed E-state index contributed by atoms with van der Waals surface area (Å²) in [5, 5.41) is -0.0913. The van der Waals surface area contributed by atoms with Crippen LogP contribution < -0.4 is 0 Å². The predicted molar refractivity (Wildman–Crippen MR) is 36.2 cm³/mol. The standard InChI is InChI=1S/C7H4ClF3/c8-5-1-2-6(10)7(11)4(5)3-9/h1-2H,3H2. The quantitative estimate of drug-likeness (QED) is 0.583. The van der Waals surface area contributed by atoms with Gasteiger partial charge in [0.25, 0.3) is 0 Å². The first-order chi connectivity index (χ1) is 5.16. The molecule has 1 aromatic rings. The van der Waals surface area contributed by atoms with E-state index in [2.05, 4.69) is 0 Å². The molecule has 0 atom stereocenters. The fourth-order valence-corrected chi connectivity index (χ4v) is 0.888. The zero-order chi connectivity index (χ0) is 8.43. The fraction of sp³-hybridized carbons (Fsp3) is 0.143. The van der Waals surface area contributed by atoms with Crippen LogP contribution in [0, 0.1) is 11.6 Å². The van der Waals surface area contributed by atoms with Crippen molar-refractivity contribution in [2.24, 2.45) is 0 Å². The molecule has 0 fully saturated rings. The van der Waals surface area contributed by atoms with E-state index in [0.717, 1.165) is 12.1 Å². The Balaban J connectivity index is 3.29. The highest BCUT2D eigenvalue weighted by Crippen LogP contribution is 2.21. The molecule has 0 spiro atoms. The van der Waals surface area contributed by atoms with E-state index in [1.807, 2.05) is 0 Å². The second-order valence-corrected chi connectivity index (χ2v) is 2.36. The molecule has 0 unspecified atom stereocenters. The summed E-state index contributed by atoms with van der Waals surface area (Å²) in [6, 6.07) is 1.98. The number of alkyl halides is 1. The third-order valence-electron chi connectivity index (χ3n) is 1.27. The third kappa shape index (κ3) is 1.48. The van der Waals surface area contributed by atoms with Gasteiger partial charge in [0.2, 0.25) is 0 Å². The monoisotopic (exact) mass is 180 g/mol. The van der Waals surface area contributed by atoms with Crippen LogP contribution >= 0.6 is 11.6 Å². The van der Waals surface area contributed by atoms with E-state index in [4.69, 9.17) is 11.6 Å². The van der Waals surface area contributed by atoms with E-state index in [0.29, 0.717) is 0 Å². The molecule has 0 aromatic heterocycles. The highest BCUT2D eigenvalue weighted by atomic mass is 35.5. The van der Waals surface area contributed by atoms with Crippen molar-refractivity contribution in [1.29, 1.82) is 0 Å². The van der Waals surface area contributed by atoms with Crippen molar-refractivity contribution in [3.63, 3.8) is 0 Å². The smallest absolute Gasteiger partial charge is 0.166 e. The van der Waals surface area contributed by atoms with Gasteiger partial charge in [-0.05, 0) is 12.1 Å². The highest BCUT2D eigenvalue weighted by Gasteiger charge is 2.11. The van der Waals surface area contributed by atoms with Crippen molar-refractivity contribution in [3.05, 3.63) is 34.4 Å². The highest BCUT2D eigenvalue weighted by molar-refractivity contribution is 6.31. The minimum Gasteiger partial charge on any atom is -0.246 e. The molecule has 60 valence electrons. The van der Waals surface area contributed by atoms with Gasteiger partial charge in [-0.15, -0.1) is 0 Å². The number of hydrogen-bond acceptors (Lipinski definition) is 0. The van der Waals surface area contributed by atoms with Crippen molar-refractivity contribution in [1.82, 2.24) is 0 Å². The molecule has 0 aliphatic carbocycles. The van der Waals surface area contributed by atoms with Crippen LogP contribution in [0.15, 0.2) is 12.1 Å². The second kappa shape index (κ2) is 3.13. The Morgan fingerprint density at radius 2 is 1.91 bits per heavy atom. The van der Waals surface area contributed by atoms with Gasteiger partial charge in [0, 0.05) is 10.6 Å². The number of benzene rings is 1. The van der Waals surface area contributed by atoms with Gasteiger partial charge in [-0.3, -0.25) is 0 Å². The first-order valence-corrected chi connectivity index (χ1v) is 3.23. The lowest BCUT2D eigenvalue weighted by molar-refractivity contribution is 0.441. The SMILES string of the molecule is FCc1c(Cl)ccc(F)c1F. The first-order valence-electron chi connectivity index (χ1n) is 2.85. The maximum atomic E-state index is 12.6. The molecule has 0 aliphatic heterocycles. The Kier molecular flexibility index (Phi) is 2.39. The molecular formula is C7H4ClF3. The molecule has 0 saturated heterocycles. The predicted octanol–water partition coefficient (Wildman–Crippen LogP) is 3.09. The largest absolute Gasteiger partial charge is 0.246 e. The van der Waals surface area contributed by atoms with Crippen molar-refractivity contribution in [2.45, 2.75) is 6.67 Å². The number of rotatable bonds is 1. The molecule has 0 N–H and O–H groups in total. The molecule has 11 heavy (non-hydrogen) atoms. The molecule has 0 nitrogen and oxygen atoms in total. The summed E-state index contributed by atoms with van der Waals surface area (Å²) in [5.74, 6) is -2.29. The normalized spacial score (nSPS) is 10.2. The molecule has 0 heterocycles. The van der Waals surface area contributed by atoms with Crippen LogP contribution in [0.1, 0.15) is 5.56 Å². The van der Waals surface area contributed by atoms with Crippen molar-refractivity contribution in [2.75, 3.05) is 0 Å². The van der Waals surface area contributed by atoms with Crippen LogP contribution in [-0.4, -0.2) is 0 Å². The first kappa shape index (κ1) is 8.40. The Hall–Kier alpha value is -0.700. The maximum absolute atomic E-state index is 12.6. The van der Waals surface area contributed by atoms with Crippen molar-refractivity contribution >= 4 is 11.6 Å². The van der Waals surface area contributed by atoms with Crippen LogP contribution in [-0.2, 0) is 6.67 Å². The minimum absolute atomic E-state index is 0.0913. The van der Waals surface area contributed by atoms with Crippen molar-refractivity contribution < 1.29 is 13.2 Å². The van der Waals surface area contributed by atoms with Gasteiger partial charge >= 0.3 is 0 Å². The Morgan fingerprint density at radius 3 is 2.36 bits per heavy atom. The van der Waals surface area contributed by atoms with Gasteiger partial charge in [-0.1, -0.05) is 11.6 Å².